The number of nitrogens with zero attached hydrogens (tertiary/aromatic N) is 2. The van der Waals surface area contributed by atoms with Crippen LogP contribution in [0.2, 0.25) is 17.3 Å². The zero-order valence-electron chi connectivity index (χ0n) is 27.4. The second kappa shape index (κ2) is 14.6. The van der Waals surface area contributed by atoms with Gasteiger partial charge in [0, 0.05) is 32.4 Å². The van der Waals surface area contributed by atoms with Gasteiger partial charge in [-0.2, -0.15) is 11.3 Å². The van der Waals surface area contributed by atoms with Crippen LogP contribution < -0.4 is 4.40 Å². The number of pyridine rings is 2. The summed E-state index contributed by atoms with van der Waals surface area (Å²) in [5, 5.41) is 2.52. The Morgan fingerprint density at radius 1 is 0.909 bits per heavy atom. The summed E-state index contributed by atoms with van der Waals surface area (Å²) < 4.78 is 25.2. The van der Waals surface area contributed by atoms with Gasteiger partial charge in [-0.25, -0.2) is 0 Å². The molecule has 3 heterocycles. The van der Waals surface area contributed by atoms with Gasteiger partial charge in [0.25, 0.3) is 0 Å². The molecular formula is C38H39FGeIrN2S-2. The van der Waals surface area contributed by atoms with Gasteiger partial charge in [-0.05, 0) is 33.8 Å². The van der Waals surface area contributed by atoms with E-state index in [0.717, 1.165) is 34.5 Å². The van der Waals surface area contributed by atoms with E-state index in [4.69, 9.17) is 1.37 Å². The number of halogens is 1. The van der Waals surface area contributed by atoms with E-state index in [9.17, 15) is 4.39 Å². The molecule has 0 amide bonds. The third kappa shape index (κ3) is 7.92. The van der Waals surface area contributed by atoms with Crippen molar-refractivity contribution in [2.45, 2.75) is 57.3 Å². The molecule has 6 rings (SSSR count). The first-order valence-corrected chi connectivity index (χ1v) is 22.9. The second-order valence-corrected chi connectivity index (χ2v) is 24.2. The summed E-state index contributed by atoms with van der Waals surface area (Å²) in [7, 11) is 0. The van der Waals surface area contributed by atoms with E-state index >= 15 is 0 Å². The molecule has 6 heteroatoms. The van der Waals surface area contributed by atoms with Crippen molar-refractivity contribution in [1.29, 1.82) is 0 Å². The first-order chi connectivity index (χ1) is 20.8. The summed E-state index contributed by atoms with van der Waals surface area (Å²) in [6.07, 6.45) is 4.90. The standard InChI is InChI=1S/C20H16NS.C18H23FGeN.Ir/c1-13(2)14-10-11-21-18(12-14)17-8-5-7-16-15-6-3-4-9-19(15)22-20(16)17;1-13(2)10-15-11-18(14-6-8-16(19)9-7-14)21-12-17(15)20(3,4)5;/h3-7,9-13H,1-2H3;6,8-9,11-13H,10H2,1-5H3;/q2*-1;/i13D;;. The minimum Gasteiger partial charge on any atom is -0.305 e. The summed E-state index contributed by atoms with van der Waals surface area (Å²) in [6.45, 7) is 8.28. The quantitative estimate of drug-likeness (QED) is 0.123. The summed E-state index contributed by atoms with van der Waals surface area (Å²) >= 11 is -0.151. The van der Waals surface area contributed by atoms with Gasteiger partial charge in [0.05, 0.1) is 0 Å². The number of benzene rings is 3. The van der Waals surface area contributed by atoms with Gasteiger partial charge in [-0.1, -0.05) is 49.1 Å². The molecule has 0 fully saturated rings. The predicted octanol–water partition coefficient (Wildman–Crippen LogP) is 10.5. The maximum Gasteiger partial charge on any atom is 0.0346 e. The van der Waals surface area contributed by atoms with E-state index in [2.05, 4.69) is 89.6 Å². The number of aromatic nitrogens is 2. The van der Waals surface area contributed by atoms with Crippen LogP contribution in [0.3, 0.4) is 0 Å². The van der Waals surface area contributed by atoms with Gasteiger partial charge in [-0.3, -0.25) is 0 Å². The molecule has 3 aromatic carbocycles. The molecule has 0 aliphatic carbocycles. The molecule has 0 bridgehead atoms. The molecule has 0 aliphatic rings. The first-order valence-electron chi connectivity index (χ1n) is 15.3. The van der Waals surface area contributed by atoms with Crippen molar-refractivity contribution in [3.05, 3.63) is 114 Å². The fraction of sp³-hybridized carbons (Fsp3) is 0.263. The third-order valence-electron chi connectivity index (χ3n) is 7.41. The Morgan fingerprint density at radius 3 is 2.36 bits per heavy atom. The molecule has 0 spiro atoms. The van der Waals surface area contributed by atoms with Crippen molar-refractivity contribution in [3.63, 3.8) is 0 Å². The van der Waals surface area contributed by atoms with Crippen LogP contribution in [0.5, 0.6) is 0 Å². The molecule has 0 saturated carbocycles. The average Bonchev–Trinajstić information content (AvgIpc) is 3.36. The van der Waals surface area contributed by atoms with Crippen molar-refractivity contribution < 1.29 is 25.9 Å². The fourth-order valence-corrected chi connectivity index (χ4v) is 9.80. The van der Waals surface area contributed by atoms with Crippen LogP contribution in [0.15, 0.2) is 85.2 Å². The van der Waals surface area contributed by atoms with Gasteiger partial charge < -0.3 is 4.98 Å². The predicted molar refractivity (Wildman–Crippen MR) is 185 cm³/mol. The number of fused-ring (bicyclic) bond motifs is 3. The number of thiophene rings is 1. The third-order valence-corrected chi connectivity index (χ3v) is 12.9. The van der Waals surface area contributed by atoms with Crippen molar-refractivity contribution in [2.75, 3.05) is 0 Å². The zero-order chi connectivity index (χ0) is 31.6. The van der Waals surface area contributed by atoms with Crippen LogP contribution in [0.25, 0.3) is 42.7 Å². The van der Waals surface area contributed by atoms with E-state index in [1.807, 2.05) is 38.2 Å². The van der Waals surface area contributed by atoms with Gasteiger partial charge in [-0.15, -0.1) is 23.8 Å². The second-order valence-electron chi connectivity index (χ2n) is 12.6. The average molecular weight is 841 g/mol. The molecule has 1 radical (unpaired) electrons. The van der Waals surface area contributed by atoms with Crippen LogP contribution in [0, 0.1) is 23.9 Å². The number of rotatable bonds is 6. The molecule has 229 valence electrons. The SMILES string of the molecule is CC(C)Cc1cc(-c2[c-]cc(F)cc2)nc[c]1[Ge]([CH3])([CH3])[CH3].[2H]C(C)(C)c1ccnc(-c2[c-]ccc3c2sc2ccccc23)c1.[Ir]. The normalized spacial score (nSPS) is 12.1. The van der Waals surface area contributed by atoms with Crippen molar-refractivity contribution >= 4 is 49.2 Å². The zero-order valence-corrected chi connectivity index (χ0v) is 31.7. The molecule has 44 heavy (non-hydrogen) atoms. The van der Waals surface area contributed by atoms with Gasteiger partial charge in [0.15, 0.2) is 0 Å². The van der Waals surface area contributed by atoms with Crippen LogP contribution in [0.4, 0.5) is 4.39 Å². The molecule has 0 aliphatic heterocycles. The van der Waals surface area contributed by atoms with Crippen LogP contribution in [0.1, 0.15) is 46.1 Å². The van der Waals surface area contributed by atoms with Gasteiger partial charge in [0.2, 0.25) is 0 Å². The molecule has 6 aromatic rings. The van der Waals surface area contributed by atoms with Gasteiger partial charge >= 0.3 is 130 Å². The molecule has 0 N–H and O–H groups in total. The van der Waals surface area contributed by atoms with Crippen molar-refractivity contribution in [3.8, 4) is 22.5 Å². The summed E-state index contributed by atoms with van der Waals surface area (Å²) in [5.41, 5.74) is 6.03. The van der Waals surface area contributed by atoms with Crippen LogP contribution >= 0.6 is 11.3 Å². The van der Waals surface area contributed by atoms with Crippen LogP contribution in [-0.2, 0) is 26.5 Å². The molecule has 0 saturated heterocycles. The molecule has 2 nitrogen and oxygen atoms in total. The van der Waals surface area contributed by atoms with Gasteiger partial charge in [0.1, 0.15) is 0 Å². The minimum absolute atomic E-state index is 0. The number of hydrogen-bond acceptors (Lipinski definition) is 3. The summed E-state index contributed by atoms with van der Waals surface area (Å²) in [6, 6.07) is 29.6. The Bertz CT molecular complexity index is 1910. The topological polar surface area (TPSA) is 25.8 Å². The molecule has 0 unspecified atom stereocenters. The maximum absolute atomic E-state index is 13.0. The number of hydrogen-bond donors (Lipinski definition) is 0. The fourth-order valence-electron chi connectivity index (χ4n) is 5.25. The Morgan fingerprint density at radius 2 is 1.68 bits per heavy atom. The van der Waals surface area contributed by atoms with E-state index in [-0.39, 0.29) is 25.9 Å². The summed E-state index contributed by atoms with van der Waals surface area (Å²) in [4.78, 5) is 9.14. The summed E-state index contributed by atoms with van der Waals surface area (Å²) in [5.74, 6) is 6.90. The molecular weight excluding hydrogens is 800 g/mol. The minimum atomic E-state index is -1.93. The Kier molecular flexibility index (Phi) is 10.8. The monoisotopic (exact) mass is 842 g/mol. The van der Waals surface area contributed by atoms with E-state index in [0.29, 0.717) is 5.92 Å². The molecule has 3 aromatic heterocycles. The van der Waals surface area contributed by atoms with Crippen molar-refractivity contribution in [2.24, 2.45) is 5.92 Å². The van der Waals surface area contributed by atoms with Crippen LogP contribution in [-0.4, -0.2) is 23.2 Å². The Balaban J connectivity index is 0.000000201. The Labute approximate surface area is 283 Å². The Hall–Kier alpha value is -2.70. The maximum atomic E-state index is 13.0. The van der Waals surface area contributed by atoms with E-state index < -0.39 is 19.2 Å². The molecule has 0 atom stereocenters. The smallest absolute Gasteiger partial charge is 0.0346 e. The van der Waals surface area contributed by atoms with E-state index in [1.54, 1.807) is 23.6 Å². The largest absolute Gasteiger partial charge is 0.305 e. The van der Waals surface area contributed by atoms with E-state index in [1.165, 1.54) is 42.3 Å². The first kappa shape index (κ1) is 32.7. The van der Waals surface area contributed by atoms with Crippen molar-refractivity contribution in [1.82, 2.24) is 9.97 Å².